The van der Waals surface area contributed by atoms with E-state index in [2.05, 4.69) is 21.8 Å². The van der Waals surface area contributed by atoms with Crippen molar-refractivity contribution in [1.29, 1.82) is 0 Å². The summed E-state index contributed by atoms with van der Waals surface area (Å²) in [6.07, 6.45) is 1.02. The largest absolute Gasteiger partial charge is 0.472 e. The van der Waals surface area contributed by atoms with Gasteiger partial charge in [0.25, 0.3) is 5.88 Å². The van der Waals surface area contributed by atoms with E-state index in [4.69, 9.17) is 15.6 Å². The molecule has 0 spiro atoms. The number of nitrogens with two attached hydrogens (primary N) is 1. The fourth-order valence-electron chi connectivity index (χ4n) is 5.29. The van der Waals surface area contributed by atoms with Crippen LogP contribution in [0.1, 0.15) is 62.2 Å². The highest BCUT2D eigenvalue weighted by Crippen LogP contribution is 2.38. The molecule has 1 aliphatic carbocycles. The number of alkyl halides is 3. The Morgan fingerprint density at radius 1 is 1.14 bits per heavy atom. The molecule has 0 radical (unpaired) electrons. The number of hydrogen-bond donors (Lipinski definition) is 1. The van der Waals surface area contributed by atoms with E-state index in [9.17, 15) is 17.6 Å². The minimum absolute atomic E-state index is 0.0795. The zero-order valence-electron chi connectivity index (χ0n) is 19.4. The zero-order valence-corrected chi connectivity index (χ0v) is 19.4. The van der Waals surface area contributed by atoms with Gasteiger partial charge >= 0.3 is 6.18 Å². The summed E-state index contributed by atoms with van der Waals surface area (Å²) in [5.74, 6) is -1.31. The number of halogens is 4. The van der Waals surface area contributed by atoms with Crippen molar-refractivity contribution in [3.8, 4) is 5.88 Å². The summed E-state index contributed by atoms with van der Waals surface area (Å²) < 4.78 is 61.0. The van der Waals surface area contributed by atoms with Gasteiger partial charge in [0.05, 0.1) is 22.8 Å². The van der Waals surface area contributed by atoms with Gasteiger partial charge in [0, 0.05) is 36.3 Å². The van der Waals surface area contributed by atoms with Crippen LogP contribution >= 0.6 is 0 Å². The van der Waals surface area contributed by atoms with Crippen molar-refractivity contribution in [2.75, 3.05) is 25.4 Å². The van der Waals surface area contributed by atoms with Crippen LogP contribution in [0, 0.1) is 5.82 Å². The van der Waals surface area contributed by atoms with Crippen LogP contribution in [0.2, 0.25) is 0 Å². The molecule has 1 atom stereocenters. The van der Waals surface area contributed by atoms with Crippen molar-refractivity contribution < 1.29 is 22.3 Å². The summed E-state index contributed by atoms with van der Waals surface area (Å²) in [4.78, 5) is 10.4. The van der Waals surface area contributed by atoms with Crippen molar-refractivity contribution >= 4 is 16.7 Å². The molecule has 7 nitrogen and oxygen atoms in total. The minimum atomic E-state index is -4.80. The molecule has 2 N–H and O–H groups in total. The van der Waals surface area contributed by atoms with Crippen LogP contribution in [0.4, 0.5) is 23.4 Å². The Kier molecular flexibility index (Phi) is 6.29. The molecule has 0 amide bonds. The third kappa shape index (κ3) is 4.65. The number of likely N-dealkylation sites (tertiary alicyclic amines) is 1. The van der Waals surface area contributed by atoms with Gasteiger partial charge in [-0.05, 0) is 51.3 Å². The van der Waals surface area contributed by atoms with Gasteiger partial charge in [0.15, 0.2) is 5.82 Å². The van der Waals surface area contributed by atoms with Crippen LogP contribution in [0.25, 0.3) is 10.9 Å². The lowest BCUT2D eigenvalue weighted by Crippen LogP contribution is -2.27. The molecule has 2 aliphatic rings. The predicted octanol–water partition coefficient (Wildman–Crippen LogP) is 4.94. The second-order valence-electron chi connectivity index (χ2n) is 9.36. The first kappa shape index (κ1) is 23.8. The molecule has 1 unspecified atom stereocenters. The molecule has 3 aromatic rings. The Balaban J connectivity index is 1.33. The second kappa shape index (κ2) is 9.25. The van der Waals surface area contributed by atoms with Gasteiger partial charge in [-0.1, -0.05) is 6.92 Å². The zero-order chi connectivity index (χ0) is 24.7. The Bertz CT molecular complexity index is 1200. The molecule has 4 heterocycles. The lowest BCUT2D eigenvalue weighted by atomic mass is 9.93. The predicted molar refractivity (Wildman–Crippen MR) is 123 cm³/mol. The Morgan fingerprint density at radius 3 is 2.60 bits per heavy atom. The normalized spacial score (nSPS) is 23.7. The molecule has 1 aliphatic heterocycles. The molecular weight excluding hydrogens is 464 g/mol. The Morgan fingerprint density at radius 2 is 1.91 bits per heavy atom. The van der Waals surface area contributed by atoms with Crippen LogP contribution in [0.5, 0.6) is 5.88 Å². The Labute approximate surface area is 200 Å². The maximum atomic E-state index is 14.3. The average Bonchev–Trinajstić information content (AvgIpc) is 3.44. The highest BCUT2D eigenvalue weighted by Gasteiger charge is 2.37. The van der Waals surface area contributed by atoms with Gasteiger partial charge in [0.1, 0.15) is 11.9 Å². The van der Waals surface area contributed by atoms with Crippen LogP contribution in [-0.4, -0.2) is 50.4 Å². The molecule has 3 aromatic heterocycles. The van der Waals surface area contributed by atoms with Gasteiger partial charge in [-0.15, -0.1) is 0 Å². The van der Waals surface area contributed by atoms with Crippen LogP contribution in [-0.2, 0) is 6.18 Å². The molecule has 5 rings (SSSR count). The van der Waals surface area contributed by atoms with Gasteiger partial charge in [0.2, 0.25) is 0 Å². The first-order chi connectivity index (χ1) is 16.7. The van der Waals surface area contributed by atoms with E-state index in [1.165, 1.54) is 0 Å². The summed E-state index contributed by atoms with van der Waals surface area (Å²) in [5, 5.41) is 6.03. The summed E-state index contributed by atoms with van der Waals surface area (Å²) in [6, 6.07) is 2.54. The van der Waals surface area contributed by atoms with Crippen LogP contribution < -0.4 is 10.5 Å². The minimum Gasteiger partial charge on any atom is -0.472 e. The first-order valence-electron chi connectivity index (χ1n) is 12.0. The number of ether oxygens (including phenoxy) is 1. The molecule has 0 aromatic carbocycles. The fraction of sp³-hybridized carbons (Fsp3) is 0.542. The second-order valence-corrected chi connectivity index (χ2v) is 9.36. The highest BCUT2D eigenvalue weighted by atomic mass is 19.4. The van der Waals surface area contributed by atoms with Gasteiger partial charge in [-0.25, -0.2) is 14.4 Å². The fourth-order valence-corrected chi connectivity index (χ4v) is 5.29. The maximum absolute atomic E-state index is 14.3. The number of pyridine rings is 2. The topological polar surface area (TPSA) is 82.1 Å². The summed E-state index contributed by atoms with van der Waals surface area (Å²) in [6.45, 7) is 5.16. The van der Waals surface area contributed by atoms with E-state index < -0.39 is 29.5 Å². The molecule has 1 saturated heterocycles. The maximum Gasteiger partial charge on any atom is 0.419 e. The third-order valence-electron chi connectivity index (χ3n) is 7.18. The standard InChI is InChI=1S/C24H28F4N6O/c1-2-33-10-8-14(13-33)22-17-12-31-20(29)11-19(17)34(32-22)15-3-5-16(6-4-15)35-23-21(25)18(7-9-30-23)24(26,27)28/h7,9,11-12,14-16H,2-6,8,10,13H2,1H3,(H2,29,31). The molecule has 1 saturated carbocycles. The number of nitrogen functional groups attached to an aromatic ring is 1. The molecule has 188 valence electrons. The SMILES string of the molecule is CCN1CCC(c2nn(C3CCC(Oc4nccc(C(F)(F)F)c4F)CC3)c3cc(N)ncc23)C1. The van der Waals surface area contributed by atoms with E-state index in [1.54, 1.807) is 6.20 Å². The van der Waals surface area contributed by atoms with Gasteiger partial charge in [-0.2, -0.15) is 18.3 Å². The highest BCUT2D eigenvalue weighted by molar-refractivity contribution is 5.83. The number of aromatic nitrogens is 4. The van der Waals surface area contributed by atoms with E-state index in [0.29, 0.717) is 43.5 Å². The summed E-state index contributed by atoms with van der Waals surface area (Å²) in [7, 11) is 0. The average molecular weight is 493 g/mol. The van der Waals surface area contributed by atoms with E-state index >= 15 is 0 Å². The third-order valence-corrected chi connectivity index (χ3v) is 7.18. The summed E-state index contributed by atoms with van der Waals surface area (Å²) >= 11 is 0. The van der Waals surface area contributed by atoms with E-state index in [-0.39, 0.29) is 6.04 Å². The molecular formula is C24H28F4N6O. The number of likely N-dealkylation sites (N-methyl/N-ethyl adjacent to an activating group) is 1. The number of hydrogen-bond acceptors (Lipinski definition) is 6. The first-order valence-corrected chi connectivity index (χ1v) is 12.0. The van der Waals surface area contributed by atoms with Crippen LogP contribution in [0.15, 0.2) is 24.5 Å². The lowest BCUT2D eigenvalue weighted by Gasteiger charge is -2.29. The lowest BCUT2D eigenvalue weighted by molar-refractivity contribution is -0.140. The molecule has 2 fully saturated rings. The van der Waals surface area contributed by atoms with Crippen LogP contribution in [0.3, 0.4) is 0 Å². The number of nitrogens with zero attached hydrogens (tertiary/aromatic N) is 5. The smallest absolute Gasteiger partial charge is 0.419 e. The van der Waals surface area contributed by atoms with Crippen molar-refractivity contribution in [2.24, 2.45) is 0 Å². The number of fused-ring (bicyclic) bond motifs is 1. The Hall–Kier alpha value is -2.95. The van der Waals surface area contributed by atoms with Crippen molar-refractivity contribution in [3.63, 3.8) is 0 Å². The van der Waals surface area contributed by atoms with Crippen molar-refractivity contribution in [3.05, 3.63) is 41.6 Å². The van der Waals surface area contributed by atoms with E-state index in [0.717, 1.165) is 48.8 Å². The van der Waals surface area contributed by atoms with E-state index in [1.807, 2.05) is 10.7 Å². The quantitative estimate of drug-likeness (QED) is 0.508. The van der Waals surface area contributed by atoms with Crippen molar-refractivity contribution in [2.45, 2.75) is 63.3 Å². The van der Waals surface area contributed by atoms with Crippen molar-refractivity contribution in [1.82, 2.24) is 24.6 Å². The summed E-state index contributed by atoms with van der Waals surface area (Å²) in [5.41, 5.74) is 6.60. The molecule has 35 heavy (non-hydrogen) atoms. The number of anilines is 1. The molecule has 0 bridgehead atoms. The van der Waals surface area contributed by atoms with Gasteiger partial charge in [-0.3, -0.25) is 4.68 Å². The number of rotatable bonds is 5. The monoisotopic (exact) mass is 492 g/mol. The molecule has 11 heteroatoms. The van der Waals surface area contributed by atoms with Gasteiger partial charge < -0.3 is 15.4 Å².